The summed E-state index contributed by atoms with van der Waals surface area (Å²) in [7, 11) is 0. The Morgan fingerprint density at radius 1 is 1.43 bits per heavy atom. The quantitative estimate of drug-likeness (QED) is 0.774. The number of carboxylic acids is 1. The van der Waals surface area contributed by atoms with Crippen molar-refractivity contribution in [2.75, 3.05) is 6.54 Å². The highest BCUT2D eigenvalue weighted by Gasteiger charge is 2.39. The summed E-state index contributed by atoms with van der Waals surface area (Å²) in [6.07, 6.45) is 4.18. The lowest BCUT2D eigenvalue weighted by Gasteiger charge is -2.30. The topological polar surface area (TPSA) is 77.8 Å². The van der Waals surface area contributed by atoms with E-state index in [1.807, 2.05) is 30.3 Å². The number of carboxylic acid groups (broad SMARTS) is 1. The molecule has 1 aromatic rings. The molecule has 5 nitrogen and oxygen atoms in total. The maximum Gasteiger partial charge on any atom is 0.334 e. The van der Waals surface area contributed by atoms with Gasteiger partial charge in [-0.2, -0.15) is 0 Å². The van der Waals surface area contributed by atoms with Crippen molar-refractivity contribution in [3.63, 3.8) is 0 Å². The number of carbonyl (C=O) groups is 2. The van der Waals surface area contributed by atoms with E-state index in [2.05, 4.69) is 5.92 Å². The van der Waals surface area contributed by atoms with Crippen molar-refractivity contribution in [2.45, 2.75) is 25.0 Å². The van der Waals surface area contributed by atoms with Crippen LogP contribution in [0.15, 0.2) is 30.3 Å². The summed E-state index contributed by atoms with van der Waals surface area (Å²) in [5.74, 6) is 0.745. The number of aliphatic carboxylic acids is 1. The molecule has 0 aromatic heterocycles. The highest BCUT2D eigenvalue weighted by Crippen LogP contribution is 2.23. The minimum Gasteiger partial charge on any atom is -0.479 e. The molecule has 0 aliphatic carbocycles. The van der Waals surface area contributed by atoms with Gasteiger partial charge in [-0.25, -0.2) is 4.79 Å². The van der Waals surface area contributed by atoms with Gasteiger partial charge >= 0.3 is 5.97 Å². The fraction of sp³-hybridized carbons (Fsp3) is 0.375. The van der Waals surface area contributed by atoms with Gasteiger partial charge in [-0.05, 0) is 12.0 Å². The molecular weight excluding hydrogens is 270 g/mol. The number of likely N-dealkylation sites (tertiary alicyclic amines) is 1. The molecule has 2 N–H and O–H groups in total. The molecule has 110 valence electrons. The molecule has 0 radical (unpaired) electrons. The third-order valence-electron chi connectivity index (χ3n) is 3.70. The Morgan fingerprint density at radius 3 is 2.62 bits per heavy atom. The van der Waals surface area contributed by atoms with Crippen LogP contribution in [0.1, 0.15) is 12.0 Å². The first-order valence-corrected chi connectivity index (χ1v) is 6.73. The number of nitrogens with zero attached hydrogens (tertiary/aromatic N) is 1. The maximum atomic E-state index is 12.0. The fourth-order valence-electron chi connectivity index (χ4n) is 2.58. The number of hydrogen-bond donors (Lipinski definition) is 2. The van der Waals surface area contributed by atoms with Crippen molar-refractivity contribution in [3.8, 4) is 12.3 Å². The van der Waals surface area contributed by atoms with Crippen LogP contribution in [0.3, 0.4) is 0 Å². The lowest BCUT2D eigenvalue weighted by atomic mass is 9.99. The van der Waals surface area contributed by atoms with E-state index in [1.54, 1.807) is 0 Å². The summed E-state index contributed by atoms with van der Waals surface area (Å²) in [5, 5.41) is 19.0. The van der Waals surface area contributed by atoms with E-state index in [0.29, 0.717) is 0 Å². The fourth-order valence-corrected chi connectivity index (χ4v) is 2.58. The summed E-state index contributed by atoms with van der Waals surface area (Å²) < 4.78 is 0. The lowest BCUT2D eigenvalue weighted by molar-refractivity contribution is -0.152. The first-order valence-electron chi connectivity index (χ1n) is 6.73. The van der Waals surface area contributed by atoms with Gasteiger partial charge in [0.25, 0.3) is 0 Å². The van der Waals surface area contributed by atoms with Gasteiger partial charge in [0.05, 0.1) is 6.04 Å². The van der Waals surface area contributed by atoms with E-state index < -0.39 is 18.1 Å². The van der Waals surface area contributed by atoms with Crippen molar-refractivity contribution in [1.29, 1.82) is 0 Å². The van der Waals surface area contributed by atoms with Gasteiger partial charge in [0.15, 0.2) is 6.10 Å². The second-order valence-electron chi connectivity index (χ2n) is 5.15. The predicted molar refractivity (Wildman–Crippen MR) is 76.2 cm³/mol. The SMILES string of the molecule is C#CC1CC(=O)N([C@H](Cc2ccccc2)[C@H](O)C(=O)O)C1. The molecular formula is C16H17NO4. The zero-order chi connectivity index (χ0) is 15.4. The number of aliphatic hydroxyl groups is 1. The average molecular weight is 287 g/mol. The van der Waals surface area contributed by atoms with Crippen molar-refractivity contribution in [1.82, 2.24) is 4.90 Å². The second kappa shape index (κ2) is 6.42. The monoisotopic (exact) mass is 287 g/mol. The molecule has 0 bridgehead atoms. The Balaban J connectivity index is 2.23. The van der Waals surface area contributed by atoms with E-state index in [9.17, 15) is 14.7 Å². The standard InChI is InChI=1S/C16H17NO4/c1-2-11-9-14(18)17(10-11)13(15(19)16(20)21)8-12-6-4-3-5-7-12/h1,3-7,11,13,15,19H,8-10H2,(H,20,21)/t11?,13-,15+/m1/s1. The molecule has 1 fully saturated rings. The van der Waals surface area contributed by atoms with E-state index in [-0.39, 0.29) is 31.2 Å². The van der Waals surface area contributed by atoms with Crippen molar-refractivity contribution in [3.05, 3.63) is 35.9 Å². The lowest BCUT2D eigenvalue weighted by Crippen LogP contribution is -2.49. The van der Waals surface area contributed by atoms with E-state index in [4.69, 9.17) is 11.5 Å². The molecule has 2 rings (SSSR count). The van der Waals surface area contributed by atoms with Gasteiger partial charge in [-0.1, -0.05) is 30.3 Å². The smallest absolute Gasteiger partial charge is 0.334 e. The first-order chi connectivity index (χ1) is 10.0. The number of terminal acetylenes is 1. The van der Waals surface area contributed by atoms with E-state index in [1.165, 1.54) is 4.90 Å². The maximum absolute atomic E-state index is 12.0. The van der Waals surface area contributed by atoms with Crippen LogP contribution >= 0.6 is 0 Å². The van der Waals surface area contributed by atoms with Gasteiger partial charge in [0, 0.05) is 18.9 Å². The molecule has 0 spiro atoms. The molecule has 1 unspecified atom stereocenters. The largest absolute Gasteiger partial charge is 0.479 e. The molecule has 5 heteroatoms. The van der Waals surface area contributed by atoms with Crippen molar-refractivity contribution >= 4 is 11.9 Å². The Kier molecular flexibility index (Phi) is 4.61. The van der Waals surface area contributed by atoms with Crippen molar-refractivity contribution in [2.24, 2.45) is 5.92 Å². The van der Waals surface area contributed by atoms with Gasteiger partial charge < -0.3 is 15.1 Å². The van der Waals surface area contributed by atoms with Crippen LogP contribution in [-0.4, -0.2) is 45.7 Å². The molecule has 3 atom stereocenters. The summed E-state index contributed by atoms with van der Waals surface area (Å²) in [5.41, 5.74) is 0.861. The summed E-state index contributed by atoms with van der Waals surface area (Å²) in [6, 6.07) is 8.37. The Hall–Kier alpha value is -2.32. The zero-order valence-electron chi connectivity index (χ0n) is 11.5. The number of amides is 1. The summed E-state index contributed by atoms with van der Waals surface area (Å²) in [6.45, 7) is 0.289. The normalized spacial score (nSPS) is 20.9. The molecule has 1 aromatic carbocycles. The first kappa shape index (κ1) is 15.1. The van der Waals surface area contributed by atoms with Crippen LogP contribution in [-0.2, 0) is 16.0 Å². The van der Waals surface area contributed by atoms with Crippen LogP contribution in [0, 0.1) is 18.3 Å². The van der Waals surface area contributed by atoms with E-state index >= 15 is 0 Å². The van der Waals surface area contributed by atoms with Gasteiger partial charge in [-0.3, -0.25) is 4.79 Å². The van der Waals surface area contributed by atoms with E-state index in [0.717, 1.165) is 5.56 Å². The van der Waals surface area contributed by atoms with Crippen molar-refractivity contribution < 1.29 is 19.8 Å². The van der Waals surface area contributed by atoms with Crippen LogP contribution < -0.4 is 0 Å². The Morgan fingerprint density at radius 2 is 2.10 bits per heavy atom. The van der Waals surface area contributed by atoms with Crippen LogP contribution in [0.25, 0.3) is 0 Å². The second-order valence-corrected chi connectivity index (χ2v) is 5.15. The molecule has 1 saturated heterocycles. The molecule has 1 aliphatic heterocycles. The molecule has 1 amide bonds. The van der Waals surface area contributed by atoms with Gasteiger partial charge in [0.1, 0.15) is 0 Å². The summed E-state index contributed by atoms with van der Waals surface area (Å²) in [4.78, 5) is 24.5. The number of carbonyl (C=O) groups excluding carboxylic acids is 1. The predicted octanol–water partition coefficient (Wildman–Crippen LogP) is 0.525. The van der Waals surface area contributed by atoms with Gasteiger partial charge in [-0.15, -0.1) is 12.3 Å². The van der Waals surface area contributed by atoms with Crippen LogP contribution in [0.2, 0.25) is 0 Å². The number of aliphatic hydroxyl groups excluding tert-OH is 1. The number of rotatable bonds is 5. The molecule has 1 aliphatic rings. The highest BCUT2D eigenvalue weighted by molar-refractivity contribution is 5.81. The van der Waals surface area contributed by atoms with Crippen LogP contribution in [0.4, 0.5) is 0 Å². The average Bonchev–Trinajstić information content (AvgIpc) is 2.86. The molecule has 0 saturated carbocycles. The van der Waals surface area contributed by atoms with Crippen LogP contribution in [0.5, 0.6) is 0 Å². The number of hydrogen-bond acceptors (Lipinski definition) is 3. The molecule has 1 heterocycles. The zero-order valence-corrected chi connectivity index (χ0v) is 11.5. The highest BCUT2D eigenvalue weighted by atomic mass is 16.4. The summed E-state index contributed by atoms with van der Waals surface area (Å²) >= 11 is 0. The van der Waals surface area contributed by atoms with Gasteiger partial charge in [0.2, 0.25) is 5.91 Å². The Bertz CT molecular complexity index is 563. The Labute approximate surface area is 123 Å². The number of benzene rings is 1. The third kappa shape index (κ3) is 3.41. The minimum absolute atomic E-state index is 0.203. The third-order valence-corrected chi connectivity index (χ3v) is 3.70. The molecule has 21 heavy (non-hydrogen) atoms. The minimum atomic E-state index is -1.63.